The van der Waals surface area contributed by atoms with E-state index in [9.17, 15) is 9.90 Å². The van der Waals surface area contributed by atoms with E-state index in [1.807, 2.05) is 30.3 Å². The second-order valence-corrected chi connectivity index (χ2v) is 5.39. The molecular weight excluding hydrogens is 306 g/mol. The molecule has 0 aliphatic carbocycles. The number of benzene rings is 2. The van der Waals surface area contributed by atoms with Gasteiger partial charge in [-0.05, 0) is 12.1 Å². The third-order valence-corrected chi connectivity index (χ3v) is 3.79. The molecule has 0 saturated carbocycles. The van der Waals surface area contributed by atoms with Crippen LogP contribution in [-0.2, 0) is 0 Å². The first kappa shape index (κ1) is 14.3. The minimum absolute atomic E-state index is 0.00408. The van der Waals surface area contributed by atoms with Crippen LogP contribution in [0.5, 0.6) is 5.75 Å². The van der Waals surface area contributed by atoms with Crippen molar-refractivity contribution in [2.75, 3.05) is 0 Å². The predicted octanol–water partition coefficient (Wildman–Crippen LogP) is 4.13. The molecule has 0 bridgehead atoms. The second kappa shape index (κ2) is 5.38. The molecule has 4 rings (SSSR count). The molecule has 0 spiro atoms. The Kier molecular flexibility index (Phi) is 3.20. The molecule has 24 heavy (non-hydrogen) atoms. The summed E-state index contributed by atoms with van der Waals surface area (Å²) in [6.45, 7) is 1.69. The summed E-state index contributed by atoms with van der Waals surface area (Å²) in [6.07, 6.45) is 0. The molecule has 0 atom stereocenters. The lowest BCUT2D eigenvalue weighted by molar-refractivity contribution is 0.471. The molecule has 0 fully saturated rings. The normalized spacial score (nSPS) is 11.0. The summed E-state index contributed by atoms with van der Waals surface area (Å²) in [5.41, 5.74) is 0.710. The third-order valence-electron chi connectivity index (χ3n) is 3.79. The van der Waals surface area contributed by atoms with Crippen molar-refractivity contribution >= 4 is 11.0 Å². The fraction of sp³-hybridized carbons (Fsp3) is 0.0526. The zero-order valence-corrected chi connectivity index (χ0v) is 12.8. The number of fused-ring (bicyclic) bond motifs is 1. The van der Waals surface area contributed by atoms with E-state index in [4.69, 9.17) is 8.83 Å². The Hall–Kier alpha value is -3.34. The SMILES string of the molecule is Cc1nc(-c2c(O)c3ccccc3oc2=O)c(-c2ccccc2)o1. The highest BCUT2D eigenvalue weighted by molar-refractivity contribution is 5.91. The fourth-order valence-corrected chi connectivity index (χ4v) is 2.72. The zero-order valence-electron chi connectivity index (χ0n) is 12.8. The van der Waals surface area contributed by atoms with Crippen molar-refractivity contribution in [3.8, 4) is 28.3 Å². The van der Waals surface area contributed by atoms with Gasteiger partial charge >= 0.3 is 5.63 Å². The lowest BCUT2D eigenvalue weighted by Crippen LogP contribution is -2.04. The van der Waals surface area contributed by atoms with Gasteiger partial charge in [0, 0.05) is 12.5 Å². The van der Waals surface area contributed by atoms with Crippen molar-refractivity contribution < 1.29 is 13.9 Å². The maximum atomic E-state index is 12.4. The Labute approximate surface area is 136 Å². The number of aryl methyl sites for hydroxylation is 1. The Morgan fingerprint density at radius 1 is 0.958 bits per heavy atom. The van der Waals surface area contributed by atoms with Gasteiger partial charge in [-0.2, -0.15) is 0 Å². The number of aromatic nitrogens is 1. The molecule has 0 aliphatic rings. The van der Waals surface area contributed by atoms with Gasteiger partial charge in [0.05, 0.1) is 5.39 Å². The molecule has 0 unspecified atom stereocenters. The summed E-state index contributed by atoms with van der Waals surface area (Å²) < 4.78 is 11.0. The molecule has 0 amide bonds. The smallest absolute Gasteiger partial charge is 0.349 e. The predicted molar refractivity (Wildman–Crippen MR) is 89.8 cm³/mol. The van der Waals surface area contributed by atoms with Crippen molar-refractivity contribution in [2.45, 2.75) is 6.92 Å². The molecule has 5 nitrogen and oxygen atoms in total. The largest absolute Gasteiger partial charge is 0.506 e. The van der Waals surface area contributed by atoms with Gasteiger partial charge in [-0.1, -0.05) is 42.5 Å². The topological polar surface area (TPSA) is 76.5 Å². The molecule has 5 heteroatoms. The van der Waals surface area contributed by atoms with Gasteiger partial charge in [-0.15, -0.1) is 0 Å². The molecular formula is C19H13NO4. The first-order valence-electron chi connectivity index (χ1n) is 7.43. The Morgan fingerprint density at radius 3 is 2.46 bits per heavy atom. The molecule has 0 saturated heterocycles. The van der Waals surface area contributed by atoms with Crippen LogP contribution in [0.25, 0.3) is 33.6 Å². The molecule has 118 valence electrons. The van der Waals surface area contributed by atoms with Gasteiger partial charge in [0.15, 0.2) is 11.7 Å². The van der Waals surface area contributed by atoms with Gasteiger partial charge in [0.2, 0.25) is 0 Å². The number of oxazole rings is 1. The summed E-state index contributed by atoms with van der Waals surface area (Å²) in [5, 5.41) is 11.1. The van der Waals surface area contributed by atoms with Crippen molar-refractivity contribution in [3.63, 3.8) is 0 Å². The third kappa shape index (κ3) is 2.18. The number of aromatic hydroxyl groups is 1. The van der Waals surface area contributed by atoms with Crippen LogP contribution in [0, 0.1) is 6.92 Å². The van der Waals surface area contributed by atoms with Crippen LogP contribution in [0.15, 0.2) is 68.2 Å². The maximum absolute atomic E-state index is 12.4. The van der Waals surface area contributed by atoms with Gasteiger partial charge in [0.1, 0.15) is 22.6 Å². The fourth-order valence-electron chi connectivity index (χ4n) is 2.72. The Balaban J connectivity index is 2.05. The standard InChI is InChI=1S/C19H13NO4/c1-11-20-16(18(23-11)12-7-3-2-4-8-12)15-17(21)13-9-5-6-10-14(13)24-19(15)22/h2-10,21H,1H3. The van der Waals surface area contributed by atoms with Crippen molar-refractivity contribution in [1.82, 2.24) is 4.98 Å². The van der Waals surface area contributed by atoms with Gasteiger partial charge in [0.25, 0.3) is 0 Å². The summed E-state index contributed by atoms with van der Waals surface area (Å²) in [6, 6.07) is 16.1. The highest BCUT2D eigenvalue weighted by Gasteiger charge is 2.23. The van der Waals surface area contributed by atoms with Crippen molar-refractivity contribution in [1.29, 1.82) is 0 Å². The van der Waals surface area contributed by atoms with Crippen molar-refractivity contribution in [2.24, 2.45) is 0 Å². The van der Waals surface area contributed by atoms with Crippen LogP contribution >= 0.6 is 0 Å². The number of para-hydroxylation sites is 1. The maximum Gasteiger partial charge on any atom is 0.349 e. The van der Waals surface area contributed by atoms with Crippen LogP contribution in [0.2, 0.25) is 0 Å². The highest BCUT2D eigenvalue weighted by Crippen LogP contribution is 2.38. The monoisotopic (exact) mass is 319 g/mol. The summed E-state index contributed by atoms with van der Waals surface area (Å²) >= 11 is 0. The van der Waals surface area contributed by atoms with Crippen LogP contribution < -0.4 is 5.63 Å². The number of nitrogens with zero attached hydrogens (tertiary/aromatic N) is 1. The Bertz CT molecular complexity index is 1090. The van der Waals surface area contributed by atoms with E-state index in [1.54, 1.807) is 31.2 Å². The molecule has 2 aromatic heterocycles. The quantitative estimate of drug-likeness (QED) is 0.562. The van der Waals surface area contributed by atoms with Crippen molar-refractivity contribution in [3.05, 3.63) is 70.9 Å². The van der Waals surface area contributed by atoms with Crippen LogP contribution in [0.3, 0.4) is 0 Å². The summed E-state index contributed by atoms with van der Waals surface area (Å²) in [5.74, 6) is 0.661. The van der Waals surface area contributed by atoms with E-state index in [0.717, 1.165) is 5.56 Å². The zero-order chi connectivity index (χ0) is 16.7. The van der Waals surface area contributed by atoms with Crippen LogP contribution in [0.4, 0.5) is 0 Å². The first-order valence-corrected chi connectivity index (χ1v) is 7.43. The number of hydrogen-bond acceptors (Lipinski definition) is 5. The van der Waals surface area contributed by atoms with Crippen LogP contribution in [-0.4, -0.2) is 10.1 Å². The molecule has 0 radical (unpaired) electrons. The minimum atomic E-state index is -0.656. The summed E-state index contributed by atoms with van der Waals surface area (Å²) in [7, 11) is 0. The number of rotatable bonds is 2. The highest BCUT2D eigenvalue weighted by atomic mass is 16.4. The molecule has 2 aromatic carbocycles. The van der Waals surface area contributed by atoms with Gasteiger partial charge < -0.3 is 13.9 Å². The molecule has 2 heterocycles. The first-order chi connectivity index (χ1) is 11.6. The van der Waals surface area contributed by atoms with E-state index in [-0.39, 0.29) is 17.0 Å². The van der Waals surface area contributed by atoms with Crippen LogP contribution in [0.1, 0.15) is 5.89 Å². The molecule has 0 aliphatic heterocycles. The second-order valence-electron chi connectivity index (χ2n) is 5.39. The average Bonchev–Trinajstić information content (AvgIpc) is 2.97. The Morgan fingerprint density at radius 2 is 1.67 bits per heavy atom. The van der Waals surface area contributed by atoms with E-state index < -0.39 is 5.63 Å². The number of hydrogen-bond donors (Lipinski definition) is 1. The van der Waals surface area contributed by atoms with Gasteiger partial charge in [-0.25, -0.2) is 9.78 Å². The van der Waals surface area contributed by atoms with E-state index >= 15 is 0 Å². The summed E-state index contributed by atoms with van der Waals surface area (Å²) in [4.78, 5) is 16.7. The lowest BCUT2D eigenvalue weighted by Gasteiger charge is -2.05. The lowest BCUT2D eigenvalue weighted by atomic mass is 10.0. The van der Waals surface area contributed by atoms with E-state index in [1.165, 1.54) is 0 Å². The van der Waals surface area contributed by atoms with Gasteiger partial charge in [-0.3, -0.25) is 0 Å². The van der Waals surface area contributed by atoms with E-state index in [2.05, 4.69) is 4.98 Å². The van der Waals surface area contributed by atoms with E-state index in [0.29, 0.717) is 22.6 Å². The molecule has 4 aromatic rings. The molecule has 1 N–H and O–H groups in total. The average molecular weight is 319 g/mol. The minimum Gasteiger partial charge on any atom is -0.506 e.